The molecule has 0 bridgehead atoms. The average Bonchev–Trinajstić information content (AvgIpc) is 3.62. The van der Waals surface area contributed by atoms with E-state index in [-0.39, 0.29) is 30.0 Å². The molecule has 16 heteroatoms. The summed E-state index contributed by atoms with van der Waals surface area (Å²) < 4.78 is 53.2. The molecule has 14 nitrogen and oxygen atoms in total. The van der Waals surface area contributed by atoms with Crippen LogP contribution in [0, 0.1) is 12.3 Å². The Morgan fingerprint density at radius 1 is 1.38 bits per heavy atom. The van der Waals surface area contributed by atoms with Gasteiger partial charge in [0, 0.05) is 6.04 Å². The Bertz CT molecular complexity index is 1530. The van der Waals surface area contributed by atoms with Gasteiger partial charge in [-0.25, -0.2) is 13.9 Å². The number of nitrogen functional groups attached to an aromatic ring is 1. The summed E-state index contributed by atoms with van der Waals surface area (Å²) in [6.07, 6.45) is 3.77. The number of benzene rings is 1. The number of nitrogens with zero attached hydrogens (tertiary/aromatic N) is 4. The van der Waals surface area contributed by atoms with Crippen LogP contribution < -0.4 is 20.7 Å². The van der Waals surface area contributed by atoms with Crippen LogP contribution in [-0.2, 0) is 23.4 Å². The van der Waals surface area contributed by atoms with E-state index >= 15 is 4.39 Å². The molecule has 1 aromatic carbocycles. The summed E-state index contributed by atoms with van der Waals surface area (Å²) in [7, 11) is -4.32. The maximum absolute atomic E-state index is 16.2. The first-order chi connectivity index (χ1) is 20.1. The third-order valence-corrected chi connectivity index (χ3v) is 8.29. The van der Waals surface area contributed by atoms with Crippen molar-refractivity contribution in [3.8, 4) is 18.1 Å². The van der Waals surface area contributed by atoms with Crippen molar-refractivity contribution in [2.75, 3.05) is 24.3 Å². The second-order valence-electron chi connectivity index (χ2n) is 9.86. The molecule has 2 fully saturated rings. The van der Waals surface area contributed by atoms with Gasteiger partial charge in [0.2, 0.25) is 11.6 Å². The number of aliphatic hydroxyl groups excluding tert-OH is 1. The molecule has 5 N–H and O–H groups in total. The lowest BCUT2D eigenvalue weighted by molar-refractivity contribution is -0.144. The minimum absolute atomic E-state index is 0.0863. The van der Waals surface area contributed by atoms with Gasteiger partial charge in [-0.1, -0.05) is 24.1 Å². The standard InChI is InChI=1S/C26H31FN7O7P/c1-4-26(27)20(35)18(13-39-42(37,33-15(3)23(36)38-5-2)41-17-9-7-6-8-10-17)40-24(26)34-14-29-19-21(30-16-11-12-16)31-25(28)32-22(19)34/h1,6-10,14-16,18,20,24,35H,5,11-13H2,2-3H3,(H,33,37)(H3,28,30,31,32)/t15-,18+,20+,24+,26+,42+/m0/s1. The molecule has 3 heterocycles. The number of esters is 1. The van der Waals surface area contributed by atoms with Crippen LogP contribution in [0.2, 0.25) is 0 Å². The SMILES string of the molecule is C#C[C@@]1(F)[C@H](O)[C@@H](CO[P@](=O)(N[C@@H](C)C(=O)OCC)Oc2ccccc2)O[C@H]1n1cnc2c(NC3CC3)nc(N)nc21. The van der Waals surface area contributed by atoms with Crippen molar-refractivity contribution in [1.82, 2.24) is 24.6 Å². The van der Waals surface area contributed by atoms with E-state index in [1.54, 1.807) is 25.1 Å². The maximum atomic E-state index is 16.2. The van der Waals surface area contributed by atoms with E-state index in [0.717, 1.165) is 12.8 Å². The number of nitrogens with two attached hydrogens (primary N) is 1. The molecule has 0 amide bonds. The number of terminal acetylenes is 1. The Hall–Kier alpha value is -3.80. The minimum Gasteiger partial charge on any atom is -0.465 e. The van der Waals surface area contributed by atoms with Gasteiger partial charge in [0.1, 0.15) is 24.0 Å². The molecular formula is C26H31FN7O7P. The van der Waals surface area contributed by atoms with Crippen LogP contribution in [0.15, 0.2) is 36.7 Å². The van der Waals surface area contributed by atoms with E-state index in [0.29, 0.717) is 11.3 Å². The zero-order valence-electron chi connectivity index (χ0n) is 22.8. The number of hydrogen-bond donors (Lipinski definition) is 4. The highest BCUT2D eigenvalue weighted by Crippen LogP contribution is 2.48. The largest absolute Gasteiger partial charge is 0.465 e. The number of alkyl halides is 1. The molecule has 1 aliphatic carbocycles. The van der Waals surface area contributed by atoms with Crippen LogP contribution in [0.1, 0.15) is 32.9 Å². The van der Waals surface area contributed by atoms with Crippen molar-refractivity contribution in [1.29, 1.82) is 0 Å². The number of nitrogens with one attached hydrogen (secondary N) is 2. The minimum atomic E-state index is -4.32. The monoisotopic (exact) mass is 603 g/mol. The number of carbonyl (C=O) groups is 1. The Balaban J connectivity index is 1.39. The third-order valence-electron chi connectivity index (χ3n) is 6.65. The first-order valence-corrected chi connectivity index (χ1v) is 14.8. The van der Waals surface area contributed by atoms with Crippen LogP contribution in [0.3, 0.4) is 0 Å². The number of fused-ring (bicyclic) bond motifs is 1. The Morgan fingerprint density at radius 2 is 2.12 bits per heavy atom. The van der Waals surface area contributed by atoms with Crippen LogP contribution in [-0.4, -0.2) is 73.8 Å². The van der Waals surface area contributed by atoms with Gasteiger partial charge in [-0.2, -0.15) is 15.1 Å². The van der Waals surface area contributed by atoms with Gasteiger partial charge in [-0.05, 0) is 38.8 Å². The molecule has 2 aromatic heterocycles. The number of carbonyl (C=O) groups excluding carboxylic acids is 1. The van der Waals surface area contributed by atoms with E-state index in [1.165, 1.54) is 30.0 Å². The van der Waals surface area contributed by atoms with Crippen molar-refractivity contribution < 1.29 is 37.4 Å². The van der Waals surface area contributed by atoms with Crippen molar-refractivity contribution in [2.45, 2.75) is 62.9 Å². The van der Waals surface area contributed by atoms with Gasteiger partial charge in [0.05, 0.1) is 19.5 Å². The van der Waals surface area contributed by atoms with Crippen LogP contribution >= 0.6 is 7.75 Å². The molecule has 2 aliphatic rings. The third kappa shape index (κ3) is 6.04. The predicted molar refractivity (Wildman–Crippen MR) is 149 cm³/mol. The van der Waals surface area contributed by atoms with E-state index in [2.05, 4.69) is 25.4 Å². The molecule has 6 atom stereocenters. The van der Waals surface area contributed by atoms with E-state index in [4.69, 9.17) is 30.7 Å². The second kappa shape index (κ2) is 11.8. The summed E-state index contributed by atoms with van der Waals surface area (Å²) >= 11 is 0. The summed E-state index contributed by atoms with van der Waals surface area (Å²) in [5, 5.41) is 16.7. The molecule has 0 radical (unpaired) electrons. The predicted octanol–water partition coefficient (Wildman–Crippen LogP) is 2.33. The van der Waals surface area contributed by atoms with Gasteiger partial charge in [-0.15, -0.1) is 6.42 Å². The van der Waals surface area contributed by atoms with E-state index in [9.17, 15) is 14.5 Å². The first kappa shape index (κ1) is 29.7. The molecule has 1 saturated heterocycles. The number of ether oxygens (including phenoxy) is 2. The van der Waals surface area contributed by atoms with E-state index in [1.807, 2.05) is 5.92 Å². The summed E-state index contributed by atoms with van der Waals surface area (Å²) in [6.45, 7) is 2.49. The van der Waals surface area contributed by atoms with Gasteiger partial charge < -0.3 is 30.2 Å². The van der Waals surface area contributed by atoms with Gasteiger partial charge in [-0.3, -0.25) is 13.9 Å². The molecule has 0 unspecified atom stereocenters. The highest BCUT2D eigenvalue weighted by molar-refractivity contribution is 7.52. The van der Waals surface area contributed by atoms with Gasteiger partial charge >= 0.3 is 13.7 Å². The lowest BCUT2D eigenvalue weighted by atomic mass is 9.97. The van der Waals surface area contributed by atoms with Gasteiger partial charge in [0.15, 0.2) is 23.2 Å². The highest BCUT2D eigenvalue weighted by Gasteiger charge is 2.58. The zero-order chi connectivity index (χ0) is 30.1. The van der Waals surface area contributed by atoms with Crippen molar-refractivity contribution in [3.05, 3.63) is 36.7 Å². The number of para-hydroxylation sites is 1. The fourth-order valence-electron chi connectivity index (χ4n) is 4.38. The Labute approximate surface area is 240 Å². The molecular weight excluding hydrogens is 572 g/mol. The second-order valence-corrected chi connectivity index (χ2v) is 11.6. The summed E-state index contributed by atoms with van der Waals surface area (Å²) in [6, 6.07) is 7.18. The number of aromatic nitrogens is 4. The van der Waals surface area contributed by atoms with Gasteiger partial charge in [0.25, 0.3) is 0 Å². The lowest BCUT2D eigenvalue weighted by Gasteiger charge is -2.25. The normalized spacial score (nSPS) is 25.8. The maximum Gasteiger partial charge on any atom is 0.459 e. The number of rotatable bonds is 12. The highest BCUT2D eigenvalue weighted by atomic mass is 31.2. The molecule has 42 heavy (non-hydrogen) atoms. The number of aliphatic hydroxyl groups is 1. The van der Waals surface area contributed by atoms with Crippen molar-refractivity contribution in [2.24, 2.45) is 0 Å². The fraction of sp³-hybridized carbons (Fsp3) is 0.462. The first-order valence-electron chi connectivity index (χ1n) is 13.3. The average molecular weight is 604 g/mol. The topological polar surface area (TPSA) is 185 Å². The molecule has 1 aliphatic heterocycles. The quantitative estimate of drug-likeness (QED) is 0.134. The summed E-state index contributed by atoms with van der Waals surface area (Å²) in [5.41, 5.74) is 3.57. The van der Waals surface area contributed by atoms with Crippen LogP contribution in [0.25, 0.3) is 11.2 Å². The smallest absolute Gasteiger partial charge is 0.459 e. The number of halogens is 1. The molecule has 5 rings (SSSR count). The number of imidazole rings is 1. The summed E-state index contributed by atoms with van der Waals surface area (Å²) in [5.74, 6) is 1.73. The van der Waals surface area contributed by atoms with E-state index < -0.39 is 50.5 Å². The summed E-state index contributed by atoms with van der Waals surface area (Å²) in [4.78, 5) is 24.9. The molecule has 224 valence electrons. The van der Waals surface area contributed by atoms with Crippen LogP contribution in [0.5, 0.6) is 5.75 Å². The lowest BCUT2D eigenvalue weighted by Crippen LogP contribution is -2.42. The molecule has 1 saturated carbocycles. The fourth-order valence-corrected chi connectivity index (χ4v) is 5.88. The zero-order valence-corrected chi connectivity index (χ0v) is 23.7. The number of hydrogen-bond acceptors (Lipinski definition) is 12. The van der Waals surface area contributed by atoms with Crippen molar-refractivity contribution >= 4 is 36.6 Å². The molecule has 3 aromatic rings. The Kier molecular flexibility index (Phi) is 8.36. The van der Waals surface area contributed by atoms with Crippen molar-refractivity contribution in [3.63, 3.8) is 0 Å². The Morgan fingerprint density at radius 3 is 2.79 bits per heavy atom. The number of anilines is 2. The van der Waals surface area contributed by atoms with Crippen LogP contribution in [0.4, 0.5) is 16.2 Å². The molecule has 0 spiro atoms.